The molecule has 0 aromatic carbocycles. The quantitative estimate of drug-likeness (QED) is 0.514. The molecule has 1 rings (SSSR count). The van der Waals surface area contributed by atoms with Crippen LogP contribution >= 0.6 is 22.9 Å². The van der Waals surface area contributed by atoms with Gasteiger partial charge in [0.05, 0.1) is 0 Å². The van der Waals surface area contributed by atoms with Crippen molar-refractivity contribution in [3.63, 3.8) is 0 Å². The monoisotopic (exact) mass is 212 g/mol. The second-order valence-corrected chi connectivity index (χ2v) is 2.26. The highest BCUT2D eigenvalue weighted by Gasteiger charge is 2.07. The first kappa shape index (κ1) is 5.78. The molecule has 0 spiro atoms. The molecule has 2 nitrogen and oxygen atoms in total. The maximum absolute atomic E-state index is 3.07. The average molecular weight is 212 g/mol. The van der Waals surface area contributed by atoms with E-state index in [1.54, 1.807) is 0 Å². The molecule has 1 heterocycles. The van der Waals surface area contributed by atoms with Gasteiger partial charge in [-0.1, -0.05) is 0 Å². The highest BCUT2D eigenvalue weighted by Crippen LogP contribution is 2.03. The molecule has 7 heavy (non-hydrogen) atoms. The molecule has 3 heteroatoms. The Morgan fingerprint density at radius 2 is 1.86 bits per heavy atom. The van der Waals surface area contributed by atoms with E-state index in [-0.39, 0.29) is 0 Å². The minimum Gasteiger partial charge on any atom is -0.235 e. The van der Waals surface area contributed by atoms with E-state index in [1.165, 1.54) is 25.9 Å². The third-order valence-corrected chi connectivity index (χ3v) is 1.91. The third-order valence-electron chi connectivity index (χ3n) is 1.23. The molecule has 0 radical (unpaired) electrons. The number of nitrogens with one attached hydrogen (secondary N) is 1. The highest BCUT2D eigenvalue weighted by molar-refractivity contribution is 14.1. The summed E-state index contributed by atoms with van der Waals surface area (Å²) >= 11 is 2.17. The predicted molar refractivity (Wildman–Crippen MR) is 38.0 cm³/mol. The number of rotatable bonds is 1. The minimum absolute atomic E-state index is 1.23. The van der Waals surface area contributed by atoms with Crippen LogP contribution in [-0.4, -0.2) is 18.1 Å². The molecule has 0 saturated carbocycles. The molecule has 0 amide bonds. The van der Waals surface area contributed by atoms with Crippen molar-refractivity contribution < 1.29 is 0 Å². The molecule has 0 aliphatic carbocycles. The van der Waals surface area contributed by atoms with Crippen LogP contribution in [0.15, 0.2) is 0 Å². The van der Waals surface area contributed by atoms with Crippen LogP contribution in [-0.2, 0) is 0 Å². The Bertz CT molecular complexity index is 51.7. The zero-order chi connectivity index (χ0) is 5.11. The third kappa shape index (κ3) is 1.54. The lowest BCUT2D eigenvalue weighted by atomic mass is 10.4. The molecule has 42 valence electrons. The summed E-state index contributed by atoms with van der Waals surface area (Å²) in [6.45, 7) is 2.45. The second-order valence-electron chi connectivity index (χ2n) is 1.78. The molecule has 0 aromatic rings. The van der Waals surface area contributed by atoms with Gasteiger partial charge >= 0.3 is 0 Å². The van der Waals surface area contributed by atoms with Crippen LogP contribution in [0.25, 0.3) is 0 Å². The van der Waals surface area contributed by atoms with E-state index < -0.39 is 0 Å². The Morgan fingerprint density at radius 3 is 2.14 bits per heavy atom. The van der Waals surface area contributed by atoms with Crippen molar-refractivity contribution in [2.75, 3.05) is 13.1 Å². The lowest BCUT2D eigenvalue weighted by molar-refractivity contribution is 0.328. The molecule has 1 aliphatic heterocycles. The van der Waals surface area contributed by atoms with Crippen molar-refractivity contribution in [2.45, 2.75) is 12.8 Å². The van der Waals surface area contributed by atoms with Crippen LogP contribution in [0.4, 0.5) is 0 Å². The zero-order valence-electron chi connectivity index (χ0n) is 4.15. The molecule has 0 atom stereocenters. The summed E-state index contributed by atoms with van der Waals surface area (Å²) in [7, 11) is 0. The van der Waals surface area contributed by atoms with Crippen LogP contribution in [0.5, 0.6) is 0 Å². The van der Waals surface area contributed by atoms with Gasteiger partial charge in [0.1, 0.15) is 0 Å². The van der Waals surface area contributed by atoms with Gasteiger partial charge < -0.3 is 0 Å². The standard InChI is InChI=1S/C4H9IN2/c5-6-7-3-1-2-4-7/h6H,1-4H2. The maximum Gasteiger partial charge on any atom is 0.0336 e. The Balaban J connectivity index is 2.14. The second kappa shape index (κ2) is 2.84. The normalized spacial score (nSPS) is 23.6. The van der Waals surface area contributed by atoms with Gasteiger partial charge in [-0.15, -0.1) is 0 Å². The number of nitrogens with zero attached hydrogens (tertiary/aromatic N) is 1. The zero-order valence-corrected chi connectivity index (χ0v) is 6.31. The summed E-state index contributed by atoms with van der Waals surface area (Å²) in [5, 5.41) is 2.22. The van der Waals surface area contributed by atoms with E-state index in [4.69, 9.17) is 0 Å². The Hall–Kier alpha value is 0.650. The summed E-state index contributed by atoms with van der Waals surface area (Å²) in [5.74, 6) is 0. The molecule has 1 fully saturated rings. The number of halogens is 1. The molecule has 0 unspecified atom stereocenters. The summed E-state index contributed by atoms with van der Waals surface area (Å²) in [4.78, 5) is 0. The fourth-order valence-corrected chi connectivity index (χ4v) is 1.28. The van der Waals surface area contributed by atoms with E-state index in [1.807, 2.05) is 0 Å². The van der Waals surface area contributed by atoms with Crippen molar-refractivity contribution in [3.8, 4) is 0 Å². The summed E-state index contributed by atoms with van der Waals surface area (Å²) in [6.07, 6.45) is 2.71. The highest BCUT2D eigenvalue weighted by atomic mass is 127. The van der Waals surface area contributed by atoms with Gasteiger partial charge in [0.25, 0.3) is 0 Å². The number of hydrogen-bond acceptors (Lipinski definition) is 2. The van der Waals surface area contributed by atoms with E-state index in [9.17, 15) is 0 Å². The first-order valence-electron chi connectivity index (χ1n) is 2.55. The molecular formula is C4H9IN2. The number of hydrazine groups is 1. The van der Waals surface area contributed by atoms with Gasteiger partial charge in [0, 0.05) is 36.0 Å². The smallest absolute Gasteiger partial charge is 0.0336 e. The fraction of sp³-hybridized carbons (Fsp3) is 1.00. The van der Waals surface area contributed by atoms with Crippen LogP contribution in [0.1, 0.15) is 12.8 Å². The fourth-order valence-electron chi connectivity index (χ4n) is 0.802. The van der Waals surface area contributed by atoms with Gasteiger partial charge in [0.2, 0.25) is 0 Å². The molecule has 1 N–H and O–H groups in total. The Labute approximate surface area is 57.7 Å². The maximum atomic E-state index is 3.07. The summed E-state index contributed by atoms with van der Waals surface area (Å²) in [5.41, 5.74) is 0. The van der Waals surface area contributed by atoms with Crippen LogP contribution in [0.2, 0.25) is 0 Å². The van der Waals surface area contributed by atoms with Crippen LogP contribution < -0.4 is 3.64 Å². The van der Waals surface area contributed by atoms with Gasteiger partial charge in [0.15, 0.2) is 0 Å². The average Bonchev–Trinajstić information content (AvgIpc) is 2.14. The minimum atomic E-state index is 1.23. The Morgan fingerprint density at radius 1 is 1.29 bits per heavy atom. The van der Waals surface area contributed by atoms with Gasteiger partial charge in [-0.05, 0) is 12.8 Å². The van der Waals surface area contributed by atoms with Gasteiger partial charge in [-0.25, -0.2) is 5.01 Å². The van der Waals surface area contributed by atoms with E-state index in [0.717, 1.165) is 0 Å². The van der Waals surface area contributed by atoms with Crippen molar-refractivity contribution >= 4 is 22.9 Å². The topological polar surface area (TPSA) is 15.3 Å². The van der Waals surface area contributed by atoms with Gasteiger partial charge in [-0.3, -0.25) is 0 Å². The van der Waals surface area contributed by atoms with Crippen molar-refractivity contribution in [3.05, 3.63) is 0 Å². The SMILES string of the molecule is INN1CCCC1. The Kier molecular flexibility index (Phi) is 2.34. The molecule has 1 aliphatic rings. The molecule has 1 saturated heterocycles. The van der Waals surface area contributed by atoms with E-state index >= 15 is 0 Å². The first-order chi connectivity index (χ1) is 3.43. The van der Waals surface area contributed by atoms with E-state index in [0.29, 0.717) is 0 Å². The summed E-state index contributed by atoms with van der Waals surface area (Å²) < 4.78 is 3.07. The van der Waals surface area contributed by atoms with Gasteiger partial charge in [-0.2, -0.15) is 3.64 Å². The predicted octanol–water partition coefficient (Wildman–Crippen LogP) is 0.937. The lowest BCUT2D eigenvalue weighted by Crippen LogP contribution is -2.26. The largest absolute Gasteiger partial charge is 0.235 e. The molecular weight excluding hydrogens is 203 g/mol. The van der Waals surface area contributed by atoms with Crippen molar-refractivity contribution in [2.24, 2.45) is 0 Å². The van der Waals surface area contributed by atoms with Crippen LogP contribution in [0.3, 0.4) is 0 Å². The first-order valence-corrected chi connectivity index (χ1v) is 3.62. The molecule has 0 bridgehead atoms. The van der Waals surface area contributed by atoms with Crippen LogP contribution in [0, 0.1) is 0 Å². The lowest BCUT2D eigenvalue weighted by Gasteiger charge is -2.08. The van der Waals surface area contributed by atoms with Crippen molar-refractivity contribution in [1.29, 1.82) is 0 Å². The summed E-state index contributed by atoms with van der Waals surface area (Å²) in [6, 6.07) is 0. The van der Waals surface area contributed by atoms with Crippen molar-refractivity contribution in [1.82, 2.24) is 8.65 Å². The number of hydrogen-bond donors (Lipinski definition) is 1. The molecule has 0 aromatic heterocycles. The van der Waals surface area contributed by atoms with E-state index in [2.05, 4.69) is 31.5 Å².